The van der Waals surface area contributed by atoms with Crippen LogP contribution in [-0.4, -0.2) is 32.8 Å². The van der Waals surface area contributed by atoms with E-state index in [1.54, 1.807) is 6.20 Å². The Balaban J connectivity index is 1.69. The number of fused-ring (bicyclic) bond motifs is 1. The SMILES string of the molecule is CCn1ncc2c(NC3CCCC3)c(C(=O)NC3CCCC3)cnc21. The minimum Gasteiger partial charge on any atom is -0.381 e. The summed E-state index contributed by atoms with van der Waals surface area (Å²) < 4.78 is 1.88. The first-order valence-electron chi connectivity index (χ1n) is 9.68. The van der Waals surface area contributed by atoms with Crippen LogP contribution < -0.4 is 10.6 Å². The van der Waals surface area contributed by atoms with Gasteiger partial charge in [0.15, 0.2) is 5.65 Å². The van der Waals surface area contributed by atoms with Crippen molar-refractivity contribution in [3.63, 3.8) is 0 Å². The van der Waals surface area contributed by atoms with Crippen LogP contribution in [0, 0.1) is 0 Å². The van der Waals surface area contributed by atoms with Gasteiger partial charge >= 0.3 is 0 Å². The van der Waals surface area contributed by atoms with Crippen molar-refractivity contribution in [2.45, 2.75) is 76.9 Å². The second kappa shape index (κ2) is 7.02. The van der Waals surface area contributed by atoms with Crippen molar-refractivity contribution in [3.05, 3.63) is 18.0 Å². The quantitative estimate of drug-likeness (QED) is 0.873. The lowest BCUT2D eigenvalue weighted by molar-refractivity contribution is 0.0938. The first-order chi connectivity index (χ1) is 12.3. The number of rotatable bonds is 5. The molecule has 2 N–H and O–H groups in total. The molecule has 6 heteroatoms. The summed E-state index contributed by atoms with van der Waals surface area (Å²) in [6.45, 7) is 2.83. The Morgan fingerprint density at radius 3 is 2.48 bits per heavy atom. The molecular weight excluding hydrogens is 314 g/mol. The van der Waals surface area contributed by atoms with Crippen LogP contribution in [0.2, 0.25) is 0 Å². The molecule has 0 aromatic carbocycles. The fourth-order valence-electron chi connectivity index (χ4n) is 4.19. The Labute approximate surface area is 148 Å². The van der Waals surface area contributed by atoms with E-state index in [1.807, 2.05) is 10.9 Å². The molecule has 2 aliphatic carbocycles. The minimum atomic E-state index is -0.00829. The number of amides is 1. The molecule has 2 aromatic rings. The Morgan fingerprint density at radius 2 is 1.80 bits per heavy atom. The lowest BCUT2D eigenvalue weighted by Crippen LogP contribution is -2.33. The zero-order valence-corrected chi connectivity index (χ0v) is 14.9. The lowest BCUT2D eigenvalue weighted by atomic mass is 10.1. The van der Waals surface area contributed by atoms with Crippen molar-refractivity contribution in [3.8, 4) is 0 Å². The van der Waals surface area contributed by atoms with Gasteiger partial charge in [-0.25, -0.2) is 9.67 Å². The molecule has 0 saturated heterocycles. The van der Waals surface area contributed by atoms with Crippen molar-refractivity contribution >= 4 is 22.6 Å². The van der Waals surface area contributed by atoms with Crippen LogP contribution in [0.3, 0.4) is 0 Å². The first kappa shape index (κ1) is 16.4. The maximum Gasteiger partial charge on any atom is 0.255 e. The third kappa shape index (κ3) is 3.22. The van der Waals surface area contributed by atoms with Gasteiger partial charge in [0.25, 0.3) is 5.91 Å². The number of hydrogen-bond donors (Lipinski definition) is 2. The summed E-state index contributed by atoms with van der Waals surface area (Å²) in [5.41, 5.74) is 2.41. The van der Waals surface area contributed by atoms with Gasteiger partial charge in [-0.05, 0) is 32.6 Å². The molecule has 2 aliphatic rings. The van der Waals surface area contributed by atoms with E-state index in [2.05, 4.69) is 27.6 Å². The van der Waals surface area contributed by atoms with Gasteiger partial charge in [-0.3, -0.25) is 4.79 Å². The van der Waals surface area contributed by atoms with E-state index in [1.165, 1.54) is 25.7 Å². The van der Waals surface area contributed by atoms with Crippen molar-refractivity contribution in [2.24, 2.45) is 0 Å². The normalized spacial score (nSPS) is 18.9. The Hall–Kier alpha value is -2.11. The predicted molar refractivity (Wildman–Crippen MR) is 98.8 cm³/mol. The largest absolute Gasteiger partial charge is 0.381 e. The van der Waals surface area contributed by atoms with E-state index < -0.39 is 0 Å². The molecule has 2 heterocycles. The molecule has 1 amide bonds. The topological polar surface area (TPSA) is 71.8 Å². The average Bonchev–Trinajstić information content (AvgIpc) is 3.36. The zero-order valence-electron chi connectivity index (χ0n) is 14.9. The highest BCUT2D eigenvalue weighted by atomic mass is 16.1. The molecule has 0 aliphatic heterocycles. The van der Waals surface area contributed by atoms with Crippen LogP contribution in [0.4, 0.5) is 5.69 Å². The number of carbonyl (C=O) groups excluding carboxylic acids is 1. The minimum absolute atomic E-state index is 0.00829. The van der Waals surface area contributed by atoms with Crippen LogP contribution in [-0.2, 0) is 6.54 Å². The fraction of sp³-hybridized carbons (Fsp3) is 0.632. The molecule has 134 valence electrons. The van der Waals surface area contributed by atoms with Gasteiger partial charge in [0, 0.05) is 24.8 Å². The van der Waals surface area contributed by atoms with Crippen LogP contribution >= 0.6 is 0 Å². The van der Waals surface area contributed by atoms with Crippen LogP contribution in [0.1, 0.15) is 68.6 Å². The molecular formula is C19H27N5O. The summed E-state index contributed by atoms with van der Waals surface area (Å²) in [5, 5.41) is 12.2. The van der Waals surface area contributed by atoms with Crippen molar-refractivity contribution in [1.82, 2.24) is 20.1 Å². The maximum atomic E-state index is 12.9. The van der Waals surface area contributed by atoms with Gasteiger partial charge in [0.2, 0.25) is 0 Å². The monoisotopic (exact) mass is 341 g/mol. The Morgan fingerprint density at radius 1 is 1.12 bits per heavy atom. The summed E-state index contributed by atoms with van der Waals surface area (Å²) in [7, 11) is 0. The Kier molecular flexibility index (Phi) is 4.59. The van der Waals surface area contributed by atoms with E-state index in [0.29, 0.717) is 17.6 Å². The summed E-state index contributed by atoms with van der Waals surface area (Å²) in [6.07, 6.45) is 13.0. The lowest BCUT2D eigenvalue weighted by Gasteiger charge is -2.19. The second-order valence-electron chi connectivity index (χ2n) is 7.33. The standard InChI is InChI=1S/C19H27N5O/c1-2-24-18-15(12-21-24)17(22-13-7-3-4-8-13)16(11-20-18)19(25)23-14-9-5-6-10-14/h11-14H,2-10H2,1H3,(H,20,22)(H,23,25). The summed E-state index contributed by atoms with van der Waals surface area (Å²) >= 11 is 0. The van der Waals surface area contributed by atoms with Crippen molar-refractivity contribution in [1.29, 1.82) is 0 Å². The number of aryl methyl sites for hydroxylation is 1. The number of nitrogens with one attached hydrogen (secondary N) is 2. The molecule has 6 nitrogen and oxygen atoms in total. The number of nitrogens with zero attached hydrogens (tertiary/aromatic N) is 3. The number of pyridine rings is 1. The van der Waals surface area contributed by atoms with Crippen molar-refractivity contribution in [2.75, 3.05) is 5.32 Å². The summed E-state index contributed by atoms with van der Waals surface area (Å²) in [4.78, 5) is 17.4. The van der Waals surface area contributed by atoms with E-state index in [9.17, 15) is 4.79 Å². The highest BCUT2D eigenvalue weighted by molar-refractivity contribution is 6.06. The van der Waals surface area contributed by atoms with Gasteiger partial charge in [-0.2, -0.15) is 5.10 Å². The summed E-state index contributed by atoms with van der Waals surface area (Å²) in [5.74, 6) is -0.00829. The molecule has 25 heavy (non-hydrogen) atoms. The van der Waals surface area contributed by atoms with Gasteiger partial charge < -0.3 is 10.6 Å². The van der Waals surface area contributed by atoms with E-state index in [0.717, 1.165) is 48.9 Å². The number of aromatic nitrogens is 3. The molecule has 0 spiro atoms. The smallest absolute Gasteiger partial charge is 0.255 e. The molecule has 2 aromatic heterocycles. The number of hydrogen-bond acceptors (Lipinski definition) is 4. The molecule has 0 radical (unpaired) electrons. The van der Waals surface area contributed by atoms with Crippen LogP contribution in [0.15, 0.2) is 12.4 Å². The van der Waals surface area contributed by atoms with Crippen LogP contribution in [0.5, 0.6) is 0 Å². The first-order valence-corrected chi connectivity index (χ1v) is 9.68. The second-order valence-corrected chi connectivity index (χ2v) is 7.33. The van der Waals surface area contributed by atoms with Gasteiger partial charge in [-0.15, -0.1) is 0 Å². The highest BCUT2D eigenvalue weighted by Crippen LogP contribution is 2.30. The number of carbonyl (C=O) groups is 1. The summed E-state index contributed by atoms with van der Waals surface area (Å²) in [6, 6.07) is 0.745. The van der Waals surface area contributed by atoms with Gasteiger partial charge in [-0.1, -0.05) is 25.7 Å². The zero-order chi connectivity index (χ0) is 17.2. The van der Waals surface area contributed by atoms with Crippen LogP contribution in [0.25, 0.3) is 11.0 Å². The van der Waals surface area contributed by atoms with E-state index in [-0.39, 0.29) is 5.91 Å². The molecule has 0 atom stereocenters. The molecule has 2 saturated carbocycles. The van der Waals surface area contributed by atoms with E-state index in [4.69, 9.17) is 0 Å². The number of anilines is 1. The highest BCUT2D eigenvalue weighted by Gasteiger charge is 2.24. The van der Waals surface area contributed by atoms with Gasteiger partial charge in [0.1, 0.15) is 0 Å². The van der Waals surface area contributed by atoms with Crippen molar-refractivity contribution < 1.29 is 4.79 Å². The molecule has 4 rings (SSSR count). The van der Waals surface area contributed by atoms with Gasteiger partial charge in [0.05, 0.1) is 22.8 Å². The Bertz CT molecular complexity index is 757. The molecule has 0 bridgehead atoms. The van der Waals surface area contributed by atoms with E-state index >= 15 is 0 Å². The molecule has 0 unspecified atom stereocenters. The average molecular weight is 341 g/mol. The molecule has 2 fully saturated rings. The third-order valence-corrected chi connectivity index (χ3v) is 5.60. The third-order valence-electron chi connectivity index (χ3n) is 5.60. The fourth-order valence-corrected chi connectivity index (χ4v) is 4.19. The predicted octanol–water partition coefficient (Wildman–Crippen LogP) is 3.48. The maximum absolute atomic E-state index is 12.9.